The van der Waals surface area contributed by atoms with Crippen LogP contribution in [0.3, 0.4) is 0 Å². The van der Waals surface area contributed by atoms with Gasteiger partial charge >= 0.3 is 6.01 Å². The maximum Gasteiger partial charge on any atom is 0.322 e. The normalized spacial score (nSPS) is 10.2. The van der Waals surface area contributed by atoms with Crippen molar-refractivity contribution < 1.29 is 4.74 Å². The molecule has 2 aromatic rings. The van der Waals surface area contributed by atoms with Gasteiger partial charge in [-0.1, -0.05) is 12.1 Å². The fourth-order valence-electron chi connectivity index (χ4n) is 1.58. The Bertz CT molecular complexity index is 651. The number of benzene rings is 1. The van der Waals surface area contributed by atoms with Crippen molar-refractivity contribution in [2.45, 2.75) is 26.4 Å². The molecule has 0 bridgehead atoms. The summed E-state index contributed by atoms with van der Waals surface area (Å²) in [5.74, 6) is 0.304. The van der Waals surface area contributed by atoms with Crippen LogP contribution in [0.15, 0.2) is 24.3 Å². The van der Waals surface area contributed by atoms with Gasteiger partial charge in [0.15, 0.2) is 0 Å². The van der Waals surface area contributed by atoms with E-state index >= 15 is 0 Å². The van der Waals surface area contributed by atoms with Crippen LogP contribution < -0.4 is 10.1 Å². The number of nitrogens with zero attached hydrogens (tertiary/aromatic N) is 4. The number of ether oxygens (including phenoxy) is 1. The van der Waals surface area contributed by atoms with Crippen LogP contribution >= 0.6 is 11.6 Å². The van der Waals surface area contributed by atoms with Gasteiger partial charge in [0.1, 0.15) is 0 Å². The second kappa shape index (κ2) is 6.86. The number of aromatic nitrogens is 3. The Morgan fingerprint density at radius 3 is 2.57 bits per heavy atom. The van der Waals surface area contributed by atoms with E-state index in [-0.39, 0.29) is 17.4 Å². The summed E-state index contributed by atoms with van der Waals surface area (Å²) < 4.78 is 5.40. The molecule has 0 radical (unpaired) electrons. The van der Waals surface area contributed by atoms with E-state index in [0.29, 0.717) is 12.4 Å². The lowest BCUT2D eigenvalue weighted by molar-refractivity contribution is 0.222. The van der Waals surface area contributed by atoms with Gasteiger partial charge in [-0.05, 0) is 43.1 Å². The Labute approximate surface area is 127 Å². The summed E-state index contributed by atoms with van der Waals surface area (Å²) in [5.41, 5.74) is 1.73. The molecule has 0 spiro atoms. The van der Waals surface area contributed by atoms with Gasteiger partial charge in [0, 0.05) is 5.69 Å². The number of nitrogens with one attached hydrogen (secondary N) is 1. The van der Waals surface area contributed by atoms with Crippen molar-refractivity contribution in [3.8, 4) is 12.1 Å². The lowest BCUT2D eigenvalue weighted by atomic mass is 10.1. The van der Waals surface area contributed by atoms with Crippen LogP contribution in [0.5, 0.6) is 6.01 Å². The molecule has 2 rings (SSSR count). The molecule has 1 aromatic heterocycles. The third-order valence-electron chi connectivity index (χ3n) is 2.42. The summed E-state index contributed by atoms with van der Waals surface area (Å²) in [6, 6.07) is 9.68. The number of rotatable bonds is 5. The van der Waals surface area contributed by atoms with Crippen LogP contribution in [-0.2, 0) is 6.42 Å². The standard InChI is InChI=1S/C14H14ClN5O/c1-9(2)21-14-19-12(15)18-13(20-14)17-11-5-3-10(4-6-11)7-8-16/h3-6,9H,7H2,1-2H3,(H,17,18,19,20). The highest BCUT2D eigenvalue weighted by Gasteiger charge is 2.08. The number of hydrogen-bond donors (Lipinski definition) is 1. The minimum absolute atomic E-state index is 0.0541. The maximum atomic E-state index is 8.64. The fraction of sp³-hybridized carbons (Fsp3) is 0.286. The smallest absolute Gasteiger partial charge is 0.322 e. The first kappa shape index (κ1) is 15.0. The average molecular weight is 304 g/mol. The van der Waals surface area contributed by atoms with Gasteiger partial charge in [0.05, 0.1) is 18.6 Å². The summed E-state index contributed by atoms with van der Waals surface area (Å²) in [6.07, 6.45) is 0.325. The third kappa shape index (κ3) is 4.58. The SMILES string of the molecule is CC(C)Oc1nc(Cl)nc(Nc2ccc(CC#N)cc2)n1. The van der Waals surface area contributed by atoms with Crippen LogP contribution in [0.25, 0.3) is 0 Å². The molecule has 1 aromatic carbocycles. The molecule has 0 unspecified atom stereocenters. The number of anilines is 2. The van der Waals surface area contributed by atoms with Gasteiger partial charge in [0.2, 0.25) is 11.2 Å². The van der Waals surface area contributed by atoms with E-state index < -0.39 is 0 Å². The highest BCUT2D eigenvalue weighted by molar-refractivity contribution is 6.28. The van der Waals surface area contributed by atoms with E-state index in [2.05, 4.69) is 26.3 Å². The van der Waals surface area contributed by atoms with E-state index in [4.69, 9.17) is 21.6 Å². The number of halogens is 1. The Morgan fingerprint density at radius 1 is 1.24 bits per heavy atom. The maximum absolute atomic E-state index is 8.64. The third-order valence-corrected chi connectivity index (χ3v) is 2.59. The molecule has 0 fully saturated rings. The predicted molar refractivity (Wildman–Crippen MR) is 79.6 cm³/mol. The fourth-order valence-corrected chi connectivity index (χ4v) is 1.73. The molecule has 0 saturated heterocycles. The summed E-state index contributed by atoms with van der Waals surface area (Å²) >= 11 is 5.85. The topological polar surface area (TPSA) is 83.7 Å². The van der Waals surface area contributed by atoms with Crippen molar-refractivity contribution in [3.63, 3.8) is 0 Å². The molecule has 0 atom stereocenters. The van der Waals surface area contributed by atoms with Crippen molar-refractivity contribution in [1.29, 1.82) is 5.26 Å². The second-order valence-corrected chi connectivity index (χ2v) is 4.87. The van der Waals surface area contributed by atoms with E-state index in [0.717, 1.165) is 11.3 Å². The molecule has 0 aliphatic carbocycles. The zero-order valence-electron chi connectivity index (χ0n) is 11.7. The van der Waals surface area contributed by atoms with Crippen LogP contribution in [0.4, 0.5) is 11.6 Å². The van der Waals surface area contributed by atoms with Crippen LogP contribution in [-0.4, -0.2) is 21.1 Å². The van der Waals surface area contributed by atoms with Crippen molar-refractivity contribution in [1.82, 2.24) is 15.0 Å². The molecule has 0 saturated carbocycles. The van der Waals surface area contributed by atoms with Crippen molar-refractivity contribution >= 4 is 23.2 Å². The monoisotopic (exact) mass is 303 g/mol. The minimum Gasteiger partial charge on any atom is -0.461 e. The second-order valence-electron chi connectivity index (χ2n) is 4.53. The summed E-state index contributed by atoms with van der Waals surface area (Å²) in [5, 5.41) is 11.7. The zero-order valence-corrected chi connectivity index (χ0v) is 12.4. The Kier molecular flexibility index (Phi) is 4.90. The van der Waals surface area contributed by atoms with E-state index in [9.17, 15) is 0 Å². The van der Waals surface area contributed by atoms with Crippen molar-refractivity contribution in [3.05, 3.63) is 35.1 Å². The molecule has 0 aliphatic heterocycles. The molecule has 0 aliphatic rings. The molecular formula is C14H14ClN5O. The molecule has 1 heterocycles. The quantitative estimate of drug-likeness (QED) is 0.913. The number of nitriles is 1. The molecule has 1 N–H and O–H groups in total. The van der Waals surface area contributed by atoms with Crippen molar-refractivity contribution in [2.24, 2.45) is 0 Å². The Hall–Kier alpha value is -2.39. The first-order valence-electron chi connectivity index (χ1n) is 6.38. The Balaban J connectivity index is 2.15. The zero-order chi connectivity index (χ0) is 15.2. The van der Waals surface area contributed by atoms with Gasteiger partial charge in [-0.15, -0.1) is 0 Å². The summed E-state index contributed by atoms with van der Waals surface area (Å²) in [4.78, 5) is 12.0. The van der Waals surface area contributed by atoms with Crippen LogP contribution in [0.1, 0.15) is 19.4 Å². The Morgan fingerprint density at radius 2 is 1.95 bits per heavy atom. The summed E-state index contributed by atoms with van der Waals surface area (Å²) in [6.45, 7) is 3.75. The van der Waals surface area contributed by atoms with Gasteiger partial charge in [-0.2, -0.15) is 20.2 Å². The highest BCUT2D eigenvalue weighted by atomic mass is 35.5. The molecule has 108 valence electrons. The average Bonchev–Trinajstić information content (AvgIpc) is 2.40. The van der Waals surface area contributed by atoms with Crippen LogP contribution in [0.2, 0.25) is 5.28 Å². The first-order chi connectivity index (χ1) is 10.1. The van der Waals surface area contributed by atoms with Gasteiger partial charge in [-0.25, -0.2) is 0 Å². The van der Waals surface area contributed by atoms with Crippen LogP contribution in [0, 0.1) is 11.3 Å². The molecule has 6 nitrogen and oxygen atoms in total. The van der Waals surface area contributed by atoms with Gasteiger partial charge < -0.3 is 10.1 Å². The number of hydrogen-bond acceptors (Lipinski definition) is 6. The van der Waals surface area contributed by atoms with Crippen molar-refractivity contribution in [2.75, 3.05) is 5.32 Å². The molecule has 7 heteroatoms. The lowest BCUT2D eigenvalue weighted by Gasteiger charge is -2.10. The minimum atomic E-state index is -0.0541. The van der Waals surface area contributed by atoms with E-state index in [1.54, 1.807) is 0 Å². The largest absolute Gasteiger partial charge is 0.461 e. The molecule has 21 heavy (non-hydrogen) atoms. The summed E-state index contributed by atoms with van der Waals surface area (Å²) in [7, 11) is 0. The van der Waals surface area contributed by atoms with E-state index in [1.165, 1.54) is 0 Å². The van der Waals surface area contributed by atoms with Gasteiger partial charge in [0.25, 0.3) is 0 Å². The van der Waals surface area contributed by atoms with Gasteiger partial charge in [-0.3, -0.25) is 0 Å². The first-order valence-corrected chi connectivity index (χ1v) is 6.76. The predicted octanol–water partition coefficient (Wildman–Crippen LogP) is 3.12. The lowest BCUT2D eigenvalue weighted by Crippen LogP contribution is -2.10. The molecule has 0 amide bonds. The van der Waals surface area contributed by atoms with E-state index in [1.807, 2.05) is 38.1 Å². The highest BCUT2D eigenvalue weighted by Crippen LogP contribution is 2.18. The molecular weight excluding hydrogens is 290 g/mol.